The molecule has 1 aliphatic rings. The van der Waals surface area contributed by atoms with Crippen LogP contribution in [0.4, 0.5) is 0 Å². The molecule has 100 valence electrons. The van der Waals surface area contributed by atoms with Crippen molar-refractivity contribution in [1.82, 2.24) is 25.7 Å². The van der Waals surface area contributed by atoms with Gasteiger partial charge in [0.05, 0.1) is 11.7 Å². The van der Waals surface area contributed by atoms with Gasteiger partial charge in [-0.2, -0.15) is 5.10 Å². The van der Waals surface area contributed by atoms with Crippen molar-refractivity contribution >= 4 is 5.91 Å². The average molecular weight is 261 g/mol. The van der Waals surface area contributed by atoms with Gasteiger partial charge in [-0.3, -0.25) is 19.8 Å². The normalized spacial score (nSPS) is 16.3. The van der Waals surface area contributed by atoms with Crippen LogP contribution < -0.4 is 10.9 Å². The van der Waals surface area contributed by atoms with Crippen molar-refractivity contribution in [3.8, 4) is 0 Å². The molecule has 19 heavy (non-hydrogen) atoms. The Morgan fingerprint density at radius 3 is 2.84 bits per heavy atom. The summed E-state index contributed by atoms with van der Waals surface area (Å²) in [5.74, 6) is 0.283. The van der Waals surface area contributed by atoms with E-state index in [0.717, 1.165) is 18.5 Å². The van der Waals surface area contributed by atoms with Gasteiger partial charge in [0.1, 0.15) is 5.69 Å². The van der Waals surface area contributed by atoms with Crippen molar-refractivity contribution in [2.24, 2.45) is 0 Å². The van der Waals surface area contributed by atoms with Crippen LogP contribution >= 0.6 is 0 Å². The molecule has 1 atom stereocenters. The monoisotopic (exact) mass is 261 g/mol. The third-order valence-corrected chi connectivity index (χ3v) is 3.28. The molecular formula is C12H15N5O2. The molecule has 7 nitrogen and oxygen atoms in total. The van der Waals surface area contributed by atoms with E-state index in [1.807, 2.05) is 0 Å². The Bertz CT molecular complexity index is 649. The Labute approximate surface area is 108 Å². The van der Waals surface area contributed by atoms with E-state index in [9.17, 15) is 9.59 Å². The van der Waals surface area contributed by atoms with Crippen LogP contribution in [-0.4, -0.2) is 26.3 Å². The minimum atomic E-state index is -0.285. The highest BCUT2D eigenvalue weighted by Gasteiger charge is 2.26. The van der Waals surface area contributed by atoms with Gasteiger partial charge in [0, 0.05) is 17.7 Å². The highest BCUT2D eigenvalue weighted by Crippen LogP contribution is 2.38. The molecule has 0 aliphatic heterocycles. The second-order valence-electron chi connectivity index (χ2n) is 4.89. The van der Waals surface area contributed by atoms with E-state index in [2.05, 4.69) is 25.7 Å². The molecule has 0 aromatic carbocycles. The smallest absolute Gasteiger partial charge is 0.272 e. The standard InChI is InChI=1S/C12H15N5O2/c1-6(8-5-11(18)17-14-8)13-12(19)10-4-9(15-16-10)7-2-3-7/h4-7H,2-3H2,1H3,(H,13,19)(H,15,16)(H2,14,17,18). The molecule has 1 aliphatic carbocycles. The predicted molar refractivity (Wildman–Crippen MR) is 67.9 cm³/mol. The molecule has 0 radical (unpaired) electrons. The van der Waals surface area contributed by atoms with E-state index in [1.165, 1.54) is 6.07 Å². The van der Waals surface area contributed by atoms with Gasteiger partial charge in [0.2, 0.25) is 0 Å². The zero-order valence-electron chi connectivity index (χ0n) is 10.5. The van der Waals surface area contributed by atoms with Crippen molar-refractivity contribution in [2.75, 3.05) is 0 Å². The number of nitrogens with zero attached hydrogens (tertiary/aromatic N) is 1. The summed E-state index contributed by atoms with van der Waals surface area (Å²) in [6.45, 7) is 1.80. The van der Waals surface area contributed by atoms with E-state index in [1.54, 1.807) is 13.0 Å². The summed E-state index contributed by atoms with van der Waals surface area (Å²) >= 11 is 0. The fourth-order valence-electron chi connectivity index (χ4n) is 1.99. The first-order chi connectivity index (χ1) is 9.13. The van der Waals surface area contributed by atoms with E-state index in [0.29, 0.717) is 17.3 Å². The van der Waals surface area contributed by atoms with Crippen LogP contribution in [-0.2, 0) is 0 Å². The summed E-state index contributed by atoms with van der Waals surface area (Å²) in [5.41, 5.74) is 1.82. The van der Waals surface area contributed by atoms with Crippen LogP contribution in [0.1, 0.15) is 53.6 Å². The van der Waals surface area contributed by atoms with Crippen LogP contribution in [0, 0.1) is 0 Å². The zero-order valence-corrected chi connectivity index (χ0v) is 10.5. The molecule has 0 bridgehead atoms. The van der Waals surface area contributed by atoms with Gasteiger partial charge in [-0.25, -0.2) is 0 Å². The molecule has 4 N–H and O–H groups in total. The molecule has 1 amide bonds. The molecule has 1 fully saturated rings. The molecule has 0 saturated heterocycles. The lowest BCUT2D eigenvalue weighted by Gasteiger charge is -2.10. The third kappa shape index (κ3) is 2.44. The fraction of sp³-hybridized carbons (Fsp3) is 0.417. The minimum absolute atomic E-state index is 0.216. The number of amides is 1. The average Bonchev–Trinajstić information content (AvgIpc) is 2.94. The molecule has 2 heterocycles. The van der Waals surface area contributed by atoms with Gasteiger partial charge < -0.3 is 10.4 Å². The SMILES string of the molecule is CC(NC(=O)c1cc(C2CC2)[nH]n1)c1cc(=O)[nH][nH]1. The van der Waals surface area contributed by atoms with Crippen molar-refractivity contribution in [3.63, 3.8) is 0 Å². The largest absolute Gasteiger partial charge is 0.343 e. The maximum absolute atomic E-state index is 12.0. The maximum Gasteiger partial charge on any atom is 0.272 e. The van der Waals surface area contributed by atoms with Gasteiger partial charge in [-0.05, 0) is 25.8 Å². The van der Waals surface area contributed by atoms with Gasteiger partial charge in [-0.1, -0.05) is 0 Å². The Hall–Kier alpha value is -2.31. The van der Waals surface area contributed by atoms with Crippen molar-refractivity contribution in [2.45, 2.75) is 31.7 Å². The van der Waals surface area contributed by atoms with Crippen LogP contribution in [0.3, 0.4) is 0 Å². The van der Waals surface area contributed by atoms with E-state index in [4.69, 9.17) is 0 Å². The predicted octanol–water partition coefficient (Wildman–Crippen LogP) is 0.794. The summed E-state index contributed by atoms with van der Waals surface area (Å²) in [4.78, 5) is 23.0. The Morgan fingerprint density at radius 1 is 1.42 bits per heavy atom. The second kappa shape index (κ2) is 4.42. The fourth-order valence-corrected chi connectivity index (χ4v) is 1.99. The second-order valence-corrected chi connectivity index (χ2v) is 4.89. The van der Waals surface area contributed by atoms with Crippen molar-refractivity contribution in [1.29, 1.82) is 0 Å². The summed E-state index contributed by atoms with van der Waals surface area (Å²) in [5, 5.41) is 14.8. The summed E-state index contributed by atoms with van der Waals surface area (Å²) in [6.07, 6.45) is 2.31. The van der Waals surface area contributed by atoms with Crippen molar-refractivity contribution in [3.05, 3.63) is 39.6 Å². The number of carbonyl (C=O) groups excluding carboxylic acids is 1. The topological polar surface area (TPSA) is 106 Å². The molecular weight excluding hydrogens is 246 g/mol. The summed E-state index contributed by atoms with van der Waals surface area (Å²) in [6, 6.07) is 2.93. The first kappa shape index (κ1) is 11.8. The maximum atomic E-state index is 12.0. The van der Waals surface area contributed by atoms with Crippen LogP contribution in [0.5, 0.6) is 0 Å². The van der Waals surface area contributed by atoms with E-state index >= 15 is 0 Å². The quantitative estimate of drug-likeness (QED) is 0.653. The van der Waals surface area contributed by atoms with Crippen LogP contribution in [0.15, 0.2) is 16.9 Å². The number of hydrogen-bond donors (Lipinski definition) is 4. The molecule has 2 aromatic rings. The first-order valence-corrected chi connectivity index (χ1v) is 6.27. The Balaban J connectivity index is 1.68. The van der Waals surface area contributed by atoms with Gasteiger partial charge in [-0.15, -0.1) is 0 Å². The first-order valence-electron chi connectivity index (χ1n) is 6.27. The number of nitrogens with one attached hydrogen (secondary N) is 4. The summed E-state index contributed by atoms with van der Waals surface area (Å²) < 4.78 is 0. The number of rotatable bonds is 4. The lowest BCUT2D eigenvalue weighted by molar-refractivity contribution is 0.0934. The summed E-state index contributed by atoms with van der Waals surface area (Å²) in [7, 11) is 0. The number of hydrogen-bond acceptors (Lipinski definition) is 3. The number of carbonyl (C=O) groups is 1. The van der Waals surface area contributed by atoms with Crippen molar-refractivity contribution < 1.29 is 4.79 Å². The van der Waals surface area contributed by atoms with E-state index in [-0.39, 0.29) is 17.5 Å². The van der Waals surface area contributed by atoms with Crippen LogP contribution in [0.25, 0.3) is 0 Å². The van der Waals surface area contributed by atoms with E-state index < -0.39 is 0 Å². The molecule has 7 heteroatoms. The Morgan fingerprint density at radius 2 is 2.21 bits per heavy atom. The zero-order chi connectivity index (χ0) is 13.4. The number of H-pyrrole nitrogens is 3. The highest BCUT2D eigenvalue weighted by molar-refractivity contribution is 5.92. The molecule has 1 saturated carbocycles. The highest BCUT2D eigenvalue weighted by atomic mass is 16.2. The molecule has 3 rings (SSSR count). The number of aromatic amines is 3. The third-order valence-electron chi connectivity index (χ3n) is 3.28. The molecule has 0 spiro atoms. The lowest BCUT2D eigenvalue weighted by Crippen LogP contribution is -2.27. The molecule has 1 unspecified atom stereocenters. The van der Waals surface area contributed by atoms with Gasteiger partial charge >= 0.3 is 0 Å². The van der Waals surface area contributed by atoms with Gasteiger partial charge in [0.15, 0.2) is 0 Å². The Kier molecular flexibility index (Phi) is 2.73. The van der Waals surface area contributed by atoms with Crippen LogP contribution in [0.2, 0.25) is 0 Å². The number of aromatic nitrogens is 4. The molecule has 2 aromatic heterocycles. The van der Waals surface area contributed by atoms with Gasteiger partial charge in [0.25, 0.3) is 11.5 Å². The minimum Gasteiger partial charge on any atom is -0.343 e. The lowest BCUT2D eigenvalue weighted by atomic mass is 10.2.